The summed E-state index contributed by atoms with van der Waals surface area (Å²) in [6.07, 6.45) is 116. The van der Waals surface area contributed by atoms with Crippen LogP contribution in [0.5, 0.6) is 0 Å². The van der Waals surface area contributed by atoms with Gasteiger partial charge in [-0.15, -0.1) is 0 Å². The molecule has 0 spiro atoms. The molecule has 2 atom stereocenters. The molecule has 0 aromatic heterocycles. The first kappa shape index (κ1) is 93.4. The third-order valence-corrected chi connectivity index (χ3v) is 16.6. The summed E-state index contributed by atoms with van der Waals surface area (Å²) in [7, 11) is 5.92. The minimum Gasteiger partial charge on any atom is -0.545 e. The summed E-state index contributed by atoms with van der Waals surface area (Å²) in [6, 6.07) is 0. The number of carboxylic acid groups (broad SMARTS) is 1. The zero-order chi connectivity index (χ0) is 71.8. The van der Waals surface area contributed by atoms with E-state index in [1.54, 1.807) is 0 Å². The SMILES string of the molecule is CC/C=C\C/C=C\C/C=C\C/C=C\C/C=C\C/C=C\C/C=C\C/C=C\C/C=C\CCCCCCCC(=O)OC(COC(=O)CCCCCCCCCCCCCCCCCCCCCCCC/C=C\C/C=C\C/C=C\C/C=C\C/C=C\C/C=C\CC)COC(OCC[N+](C)(C)C)C(=O)[O-]. The van der Waals surface area contributed by atoms with Crippen LogP contribution in [-0.4, -0.2) is 82.3 Å². The average Bonchev–Trinajstić information content (AvgIpc) is 1.57. The second-order valence-electron chi connectivity index (χ2n) is 27.2. The second kappa shape index (κ2) is 78.1. The van der Waals surface area contributed by atoms with Crippen molar-refractivity contribution in [2.75, 3.05) is 47.5 Å². The molecule has 0 rings (SSSR count). The van der Waals surface area contributed by atoms with Gasteiger partial charge in [0.05, 0.1) is 40.3 Å². The summed E-state index contributed by atoms with van der Waals surface area (Å²) < 4.78 is 22.8. The molecule has 0 aromatic rings. The molecular formula is C90H147NO8. The number of carbonyl (C=O) groups is 3. The van der Waals surface area contributed by atoms with Crippen molar-refractivity contribution in [1.29, 1.82) is 0 Å². The highest BCUT2D eigenvalue weighted by Crippen LogP contribution is 2.17. The molecule has 0 fully saturated rings. The maximum atomic E-state index is 13.0. The molecule has 0 amide bonds. The Kier molecular flexibility index (Phi) is 73.7. The molecule has 0 aromatic carbocycles. The molecule has 0 saturated heterocycles. The van der Waals surface area contributed by atoms with Crippen LogP contribution in [0.3, 0.4) is 0 Å². The monoisotopic (exact) mass is 1370 g/mol. The number of quaternary nitrogens is 1. The van der Waals surface area contributed by atoms with Gasteiger partial charge in [0.25, 0.3) is 0 Å². The second-order valence-corrected chi connectivity index (χ2v) is 27.2. The van der Waals surface area contributed by atoms with E-state index in [4.69, 9.17) is 18.9 Å². The van der Waals surface area contributed by atoms with Gasteiger partial charge < -0.3 is 33.3 Å². The number of hydrogen-bond donors (Lipinski definition) is 0. The molecule has 2 unspecified atom stereocenters. The molecule has 560 valence electrons. The van der Waals surface area contributed by atoms with Crippen molar-refractivity contribution in [2.24, 2.45) is 0 Å². The lowest BCUT2D eigenvalue weighted by Crippen LogP contribution is -2.44. The highest BCUT2D eigenvalue weighted by Gasteiger charge is 2.22. The highest BCUT2D eigenvalue weighted by atomic mass is 16.7. The van der Waals surface area contributed by atoms with Gasteiger partial charge in [0.2, 0.25) is 0 Å². The van der Waals surface area contributed by atoms with Crippen LogP contribution in [-0.2, 0) is 33.3 Å². The number of rotatable bonds is 72. The van der Waals surface area contributed by atoms with Gasteiger partial charge in [-0.25, -0.2) is 0 Å². The predicted octanol–water partition coefficient (Wildman–Crippen LogP) is 24.6. The lowest BCUT2D eigenvalue weighted by molar-refractivity contribution is -0.870. The van der Waals surface area contributed by atoms with Crippen LogP contribution in [0.4, 0.5) is 0 Å². The van der Waals surface area contributed by atoms with Crippen molar-refractivity contribution < 1.29 is 42.9 Å². The first-order valence-corrected chi connectivity index (χ1v) is 39.9. The van der Waals surface area contributed by atoms with Crippen LogP contribution < -0.4 is 5.11 Å². The van der Waals surface area contributed by atoms with Crippen LogP contribution in [0.25, 0.3) is 0 Å². The molecule has 0 aliphatic heterocycles. The van der Waals surface area contributed by atoms with Crippen molar-refractivity contribution in [1.82, 2.24) is 0 Å². The Morgan fingerprint density at radius 2 is 0.545 bits per heavy atom. The lowest BCUT2D eigenvalue weighted by atomic mass is 10.0. The fourth-order valence-corrected chi connectivity index (χ4v) is 10.7. The van der Waals surface area contributed by atoms with E-state index >= 15 is 0 Å². The topological polar surface area (TPSA) is 111 Å². The number of hydrogen-bond acceptors (Lipinski definition) is 8. The van der Waals surface area contributed by atoms with E-state index in [1.165, 1.54) is 128 Å². The number of nitrogens with zero attached hydrogens (tertiary/aromatic N) is 1. The standard InChI is InChI=1S/C90H147NO8/c1-6-8-10-12-14-16-18-20-22-24-26-28-30-32-34-36-38-40-41-42-43-44-45-46-47-49-50-52-54-56-58-60-62-64-66-68-70-72-74-76-78-80-87(92)97-84-86(85-98-90(89(94)95)96-83-82-91(3,4)5)99-88(93)81-79-77-75-73-71-69-67-65-63-61-59-57-55-53-51-48-39-37-35-33-31-29-27-25-23-21-19-17-15-13-11-9-7-2/h8-11,14-17,20-23,26-29,32-35,38-40,48,53,55,59,61,65,67,86,90H,6-7,12-13,18-19,24-25,30-31,36-37,41-47,49-52,54,56-58,60,62-64,66,68-85H2,1-5H3/b10-8-,11-9-,16-14-,17-15-,22-20-,23-21-,28-26-,29-27-,34-32-,35-33-,40-38-,48-39-,55-53-,61-59-,67-65-. The van der Waals surface area contributed by atoms with Gasteiger partial charge in [-0.05, 0) is 135 Å². The fraction of sp³-hybridized carbons (Fsp3) is 0.633. The summed E-state index contributed by atoms with van der Waals surface area (Å²) in [5.74, 6) is -2.31. The van der Waals surface area contributed by atoms with Gasteiger partial charge >= 0.3 is 11.9 Å². The normalized spacial score (nSPS) is 13.7. The molecule has 9 nitrogen and oxygen atoms in total. The van der Waals surface area contributed by atoms with Crippen LogP contribution in [0, 0.1) is 0 Å². The molecule has 0 saturated carbocycles. The number of unbranched alkanes of at least 4 members (excludes halogenated alkanes) is 27. The highest BCUT2D eigenvalue weighted by molar-refractivity contribution is 5.70. The maximum absolute atomic E-state index is 13.0. The Bertz CT molecular complexity index is 2290. The van der Waals surface area contributed by atoms with Gasteiger partial charge in [0, 0.05) is 12.8 Å². The minimum absolute atomic E-state index is 0.136. The quantitative estimate of drug-likeness (QED) is 0.0195. The molecule has 99 heavy (non-hydrogen) atoms. The summed E-state index contributed by atoms with van der Waals surface area (Å²) >= 11 is 0. The average molecular weight is 1370 g/mol. The number of esters is 2. The van der Waals surface area contributed by atoms with E-state index in [0.29, 0.717) is 17.4 Å². The third-order valence-electron chi connectivity index (χ3n) is 16.6. The molecule has 0 aliphatic rings. The zero-order valence-electron chi connectivity index (χ0n) is 64.0. The van der Waals surface area contributed by atoms with E-state index in [9.17, 15) is 19.5 Å². The Morgan fingerprint density at radius 3 is 0.808 bits per heavy atom. The summed E-state index contributed by atoms with van der Waals surface area (Å²) in [5, 5.41) is 11.9. The predicted molar refractivity (Wildman–Crippen MR) is 425 cm³/mol. The van der Waals surface area contributed by atoms with E-state index in [0.717, 1.165) is 148 Å². The smallest absolute Gasteiger partial charge is 0.306 e. The van der Waals surface area contributed by atoms with Gasteiger partial charge in [-0.3, -0.25) is 9.59 Å². The number of allylic oxidation sites excluding steroid dienone is 30. The van der Waals surface area contributed by atoms with Crippen molar-refractivity contribution in [3.05, 3.63) is 182 Å². The number of carbonyl (C=O) groups excluding carboxylic acids is 3. The Morgan fingerprint density at radius 1 is 0.303 bits per heavy atom. The largest absolute Gasteiger partial charge is 0.545 e. The minimum atomic E-state index is -1.64. The Hall–Kier alpha value is -5.61. The van der Waals surface area contributed by atoms with Crippen molar-refractivity contribution in [2.45, 2.75) is 322 Å². The first-order chi connectivity index (χ1) is 48.6. The Balaban J connectivity index is 4.09. The van der Waals surface area contributed by atoms with Crippen molar-refractivity contribution >= 4 is 17.9 Å². The van der Waals surface area contributed by atoms with Gasteiger partial charge in [-0.2, -0.15) is 0 Å². The number of aliphatic carboxylic acids is 1. The molecule has 0 radical (unpaired) electrons. The maximum Gasteiger partial charge on any atom is 0.306 e. The van der Waals surface area contributed by atoms with Crippen molar-refractivity contribution in [3.8, 4) is 0 Å². The van der Waals surface area contributed by atoms with Gasteiger partial charge in [0.15, 0.2) is 12.4 Å². The summed E-state index contributed by atoms with van der Waals surface area (Å²) in [6.45, 7) is 4.50. The van der Waals surface area contributed by atoms with Crippen LogP contribution in [0.2, 0.25) is 0 Å². The van der Waals surface area contributed by atoms with Crippen LogP contribution in [0.1, 0.15) is 309 Å². The molecular weight excluding hydrogens is 1220 g/mol. The zero-order valence-corrected chi connectivity index (χ0v) is 64.0. The van der Waals surface area contributed by atoms with Crippen LogP contribution in [0.15, 0.2) is 182 Å². The van der Waals surface area contributed by atoms with E-state index in [1.807, 2.05) is 21.1 Å². The third kappa shape index (κ3) is 79.6. The summed E-state index contributed by atoms with van der Waals surface area (Å²) in [5.41, 5.74) is 0. The molecule has 0 bridgehead atoms. The van der Waals surface area contributed by atoms with Gasteiger partial charge in [-0.1, -0.05) is 344 Å². The van der Waals surface area contributed by atoms with E-state index in [2.05, 4.69) is 196 Å². The molecule has 0 N–H and O–H groups in total. The fourth-order valence-electron chi connectivity index (χ4n) is 10.7. The number of likely N-dealkylation sites (N-methyl/N-ethyl adjacent to an activating group) is 1. The number of carboxylic acids is 1. The van der Waals surface area contributed by atoms with Crippen molar-refractivity contribution in [3.63, 3.8) is 0 Å². The molecule has 0 aliphatic carbocycles. The number of ether oxygens (including phenoxy) is 4. The van der Waals surface area contributed by atoms with Gasteiger partial charge in [0.1, 0.15) is 13.2 Å². The Labute approximate surface area is 609 Å². The first-order valence-electron chi connectivity index (χ1n) is 39.9. The van der Waals surface area contributed by atoms with Crippen LogP contribution >= 0.6 is 0 Å². The molecule has 9 heteroatoms. The summed E-state index contributed by atoms with van der Waals surface area (Å²) in [4.78, 5) is 37.6. The lowest BCUT2D eigenvalue weighted by Gasteiger charge is -2.26. The van der Waals surface area contributed by atoms with E-state index in [-0.39, 0.29) is 38.6 Å². The van der Waals surface area contributed by atoms with E-state index < -0.39 is 24.3 Å². The molecule has 0 heterocycles.